The van der Waals surface area contributed by atoms with Crippen LogP contribution in [0.2, 0.25) is 0 Å². The number of benzene rings is 1. The molecule has 0 amide bonds. The van der Waals surface area contributed by atoms with Gasteiger partial charge in [-0.25, -0.2) is 0 Å². The van der Waals surface area contributed by atoms with E-state index in [1.807, 2.05) is 23.9 Å². The Balaban J connectivity index is 1.66. The summed E-state index contributed by atoms with van der Waals surface area (Å²) in [6.07, 6.45) is 0. The number of rotatable bonds is 4. The first-order chi connectivity index (χ1) is 7.84. The van der Waals surface area contributed by atoms with Gasteiger partial charge < -0.3 is 4.74 Å². The topological polar surface area (TPSA) is 21.6 Å². The molecule has 0 atom stereocenters. The number of hydrogen-bond acceptors (Lipinski definition) is 4. The average molecular weight is 253 g/mol. The van der Waals surface area contributed by atoms with E-state index in [1.54, 1.807) is 11.8 Å². The average Bonchev–Trinajstić information content (AvgIpc) is 2.80. The van der Waals surface area contributed by atoms with Crippen molar-refractivity contribution in [2.24, 2.45) is 4.99 Å². The summed E-state index contributed by atoms with van der Waals surface area (Å²) in [5.41, 5.74) is 1.26. The molecule has 1 aromatic rings. The van der Waals surface area contributed by atoms with Crippen molar-refractivity contribution >= 4 is 27.9 Å². The number of aryl methyl sites for hydroxylation is 1. The van der Waals surface area contributed by atoms with Gasteiger partial charge in [-0.15, -0.1) is 0 Å². The van der Waals surface area contributed by atoms with Crippen LogP contribution in [0.3, 0.4) is 0 Å². The maximum Gasteiger partial charge on any atom is 0.124 e. The van der Waals surface area contributed by atoms with Gasteiger partial charge in [-0.1, -0.05) is 41.2 Å². The molecule has 2 rings (SSSR count). The van der Waals surface area contributed by atoms with E-state index in [9.17, 15) is 0 Å². The van der Waals surface area contributed by atoms with Crippen molar-refractivity contribution in [3.63, 3.8) is 0 Å². The van der Waals surface area contributed by atoms with Crippen LogP contribution in [-0.4, -0.2) is 29.0 Å². The van der Waals surface area contributed by atoms with Gasteiger partial charge >= 0.3 is 0 Å². The van der Waals surface area contributed by atoms with Crippen molar-refractivity contribution in [1.29, 1.82) is 0 Å². The molecule has 1 aromatic carbocycles. The van der Waals surface area contributed by atoms with Gasteiger partial charge in [0.2, 0.25) is 0 Å². The van der Waals surface area contributed by atoms with E-state index < -0.39 is 0 Å². The number of nitrogens with zero attached hydrogens (tertiary/aromatic N) is 1. The fourth-order valence-electron chi connectivity index (χ4n) is 1.33. The highest BCUT2D eigenvalue weighted by atomic mass is 32.2. The van der Waals surface area contributed by atoms with E-state index in [4.69, 9.17) is 4.74 Å². The quantitative estimate of drug-likeness (QED) is 0.769. The molecule has 0 bridgehead atoms. The molecular formula is C12H15NOS2. The molecule has 1 heterocycles. The van der Waals surface area contributed by atoms with Crippen molar-refractivity contribution in [2.45, 2.75) is 6.92 Å². The normalized spacial score (nSPS) is 14.9. The van der Waals surface area contributed by atoms with Gasteiger partial charge in [0.1, 0.15) is 10.1 Å². The zero-order chi connectivity index (χ0) is 11.2. The lowest BCUT2D eigenvalue weighted by Gasteiger charge is -2.05. The lowest BCUT2D eigenvalue weighted by molar-refractivity contribution is 0.344. The third kappa shape index (κ3) is 3.76. The van der Waals surface area contributed by atoms with Gasteiger partial charge in [-0.2, -0.15) is 0 Å². The standard InChI is InChI=1S/C12H15NOS2/c1-10-2-4-11(5-3-10)14-7-9-16-12-13-6-8-15-12/h2-5H,6-9H2,1H3. The first-order valence-corrected chi connectivity index (χ1v) is 7.31. The van der Waals surface area contributed by atoms with Crippen molar-refractivity contribution in [3.05, 3.63) is 29.8 Å². The highest BCUT2D eigenvalue weighted by Crippen LogP contribution is 2.22. The Morgan fingerprint density at radius 1 is 1.38 bits per heavy atom. The Kier molecular flexibility index (Phi) is 4.60. The molecule has 86 valence electrons. The molecule has 0 saturated carbocycles. The predicted octanol–water partition coefficient (Wildman–Crippen LogP) is 3.21. The Morgan fingerprint density at radius 3 is 2.88 bits per heavy atom. The van der Waals surface area contributed by atoms with Gasteiger partial charge in [-0.3, -0.25) is 4.99 Å². The number of thioether (sulfide) groups is 2. The van der Waals surface area contributed by atoms with Crippen LogP contribution in [-0.2, 0) is 0 Å². The lowest BCUT2D eigenvalue weighted by Crippen LogP contribution is -2.01. The molecule has 2 nitrogen and oxygen atoms in total. The Bertz CT molecular complexity index is 362. The van der Waals surface area contributed by atoms with Crippen LogP contribution >= 0.6 is 23.5 Å². The maximum atomic E-state index is 5.64. The molecule has 0 N–H and O–H groups in total. The number of aliphatic imine (C=N–C) groups is 1. The summed E-state index contributed by atoms with van der Waals surface area (Å²) in [6.45, 7) is 3.80. The summed E-state index contributed by atoms with van der Waals surface area (Å²) >= 11 is 3.64. The monoisotopic (exact) mass is 253 g/mol. The number of hydrogen-bond donors (Lipinski definition) is 0. The fraction of sp³-hybridized carbons (Fsp3) is 0.417. The van der Waals surface area contributed by atoms with Crippen LogP contribution in [0.5, 0.6) is 5.75 Å². The summed E-state index contributed by atoms with van der Waals surface area (Å²) in [6, 6.07) is 8.17. The Hall–Kier alpha value is -0.610. The molecule has 0 radical (unpaired) electrons. The molecule has 16 heavy (non-hydrogen) atoms. The first-order valence-electron chi connectivity index (χ1n) is 5.34. The van der Waals surface area contributed by atoms with E-state index >= 15 is 0 Å². The maximum absolute atomic E-state index is 5.64. The zero-order valence-corrected chi connectivity index (χ0v) is 10.9. The Labute approximate surface area is 105 Å². The smallest absolute Gasteiger partial charge is 0.124 e. The second kappa shape index (κ2) is 6.21. The van der Waals surface area contributed by atoms with Crippen LogP contribution in [0.1, 0.15) is 5.56 Å². The van der Waals surface area contributed by atoms with Crippen molar-refractivity contribution < 1.29 is 4.74 Å². The predicted molar refractivity (Wildman–Crippen MR) is 73.9 cm³/mol. The van der Waals surface area contributed by atoms with Gasteiger partial charge in [0.05, 0.1) is 13.2 Å². The van der Waals surface area contributed by atoms with Crippen LogP contribution in [0.25, 0.3) is 0 Å². The summed E-state index contributed by atoms with van der Waals surface area (Å²) in [7, 11) is 0. The van der Waals surface area contributed by atoms with E-state index in [1.165, 1.54) is 9.94 Å². The van der Waals surface area contributed by atoms with Crippen LogP contribution < -0.4 is 4.74 Å². The van der Waals surface area contributed by atoms with E-state index in [0.29, 0.717) is 0 Å². The third-order valence-electron chi connectivity index (χ3n) is 2.16. The highest BCUT2D eigenvalue weighted by molar-refractivity contribution is 8.39. The molecule has 4 heteroatoms. The molecule has 0 aliphatic carbocycles. The van der Waals surface area contributed by atoms with E-state index in [-0.39, 0.29) is 0 Å². The Morgan fingerprint density at radius 2 is 2.19 bits per heavy atom. The molecule has 1 aliphatic heterocycles. The fourth-order valence-corrected chi connectivity index (χ4v) is 3.22. The molecule has 0 aromatic heterocycles. The molecule has 1 aliphatic rings. The number of ether oxygens (including phenoxy) is 1. The highest BCUT2D eigenvalue weighted by Gasteiger charge is 2.06. The summed E-state index contributed by atoms with van der Waals surface area (Å²) in [4.78, 5) is 4.38. The van der Waals surface area contributed by atoms with Crippen molar-refractivity contribution in [1.82, 2.24) is 0 Å². The first kappa shape index (κ1) is 11.9. The largest absolute Gasteiger partial charge is 0.493 e. The molecule has 0 spiro atoms. The van der Waals surface area contributed by atoms with Crippen LogP contribution in [0.15, 0.2) is 29.3 Å². The molecular weight excluding hydrogens is 238 g/mol. The van der Waals surface area contributed by atoms with Crippen LogP contribution in [0, 0.1) is 6.92 Å². The van der Waals surface area contributed by atoms with Gasteiger partial charge in [0, 0.05) is 11.5 Å². The summed E-state index contributed by atoms with van der Waals surface area (Å²) in [5, 5.41) is 0. The van der Waals surface area contributed by atoms with Gasteiger partial charge in [0.25, 0.3) is 0 Å². The molecule has 0 fully saturated rings. The second-order valence-corrected chi connectivity index (χ2v) is 5.93. The van der Waals surface area contributed by atoms with E-state index in [0.717, 1.165) is 30.4 Å². The molecule has 0 saturated heterocycles. The van der Waals surface area contributed by atoms with E-state index in [2.05, 4.69) is 24.0 Å². The zero-order valence-electron chi connectivity index (χ0n) is 9.31. The SMILES string of the molecule is Cc1ccc(OCCSC2=NCCS2)cc1. The van der Waals surface area contributed by atoms with Gasteiger partial charge in [0.15, 0.2) is 0 Å². The van der Waals surface area contributed by atoms with Crippen molar-refractivity contribution in [3.8, 4) is 5.75 Å². The summed E-state index contributed by atoms with van der Waals surface area (Å²) in [5.74, 6) is 3.06. The van der Waals surface area contributed by atoms with Crippen molar-refractivity contribution in [2.75, 3.05) is 24.7 Å². The van der Waals surface area contributed by atoms with Crippen LogP contribution in [0.4, 0.5) is 0 Å². The van der Waals surface area contributed by atoms with Gasteiger partial charge in [-0.05, 0) is 19.1 Å². The minimum absolute atomic E-state index is 0.743. The summed E-state index contributed by atoms with van der Waals surface area (Å²) < 4.78 is 6.85. The lowest BCUT2D eigenvalue weighted by atomic mass is 10.2. The molecule has 0 unspecified atom stereocenters. The minimum Gasteiger partial charge on any atom is -0.493 e. The third-order valence-corrected chi connectivity index (χ3v) is 4.37. The second-order valence-electron chi connectivity index (χ2n) is 3.51. The minimum atomic E-state index is 0.743.